The highest BCUT2D eigenvalue weighted by molar-refractivity contribution is 5.98. The summed E-state index contributed by atoms with van der Waals surface area (Å²) in [5.74, 6) is -2.51. The summed E-state index contributed by atoms with van der Waals surface area (Å²) in [5, 5.41) is 12.8. The highest BCUT2D eigenvalue weighted by Crippen LogP contribution is 2.64. The second kappa shape index (κ2) is 7.87. The Labute approximate surface area is 172 Å². The van der Waals surface area contributed by atoms with Gasteiger partial charge in [-0.1, -0.05) is 13.8 Å². The van der Waals surface area contributed by atoms with E-state index < -0.39 is 41.1 Å². The molecule has 3 rings (SSSR count). The van der Waals surface area contributed by atoms with Crippen molar-refractivity contribution in [3.8, 4) is 0 Å². The third-order valence-electron chi connectivity index (χ3n) is 6.91. The normalized spacial score (nSPS) is 36.4. The molecule has 0 aliphatic carbocycles. The van der Waals surface area contributed by atoms with Crippen molar-refractivity contribution in [3.63, 3.8) is 0 Å². The summed E-state index contributed by atoms with van der Waals surface area (Å²) in [6, 6.07) is -1.48. The van der Waals surface area contributed by atoms with Gasteiger partial charge in [-0.2, -0.15) is 0 Å². The number of fused-ring (bicyclic) bond motifs is 1. The van der Waals surface area contributed by atoms with Gasteiger partial charge in [-0.15, -0.1) is 0 Å². The van der Waals surface area contributed by atoms with E-state index in [9.17, 15) is 19.5 Å². The number of likely N-dealkylation sites (tertiary alicyclic amines) is 1. The lowest BCUT2D eigenvalue weighted by atomic mass is 9.65. The molecule has 2 amide bonds. The molecule has 0 aromatic rings. The summed E-state index contributed by atoms with van der Waals surface area (Å²) in [7, 11) is 0. The SMILES string of the molecule is CCOC(=O)[C@H]1[C@H]2C(=O)N([C@@H](CC)CO)C(C(=O)NC(C)C)C23CC[C@]1(CC)O3. The van der Waals surface area contributed by atoms with E-state index in [0.717, 1.165) is 0 Å². The third kappa shape index (κ3) is 3.06. The molecule has 3 saturated heterocycles. The minimum Gasteiger partial charge on any atom is -0.466 e. The summed E-state index contributed by atoms with van der Waals surface area (Å²) in [4.78, 5) is 41.4. The number of rotatable bonds is 8. The van der Waals surface area contributed by atoms with E-state index in [1.54, 1.807) is 6.92 Å². The maximum Gasteiger partial charge on any atom is 0.312 e. The molecule has 0 saturated carbocycles. The molecule has 0 aromatic heterocycles. The van der Waals surface area contributed by atoms with E-state index in [1.807, 2.05) is 27.7 Å². The van der Waals surface area contributed by atoms with Crippen LogP contribution in [0, 0.1) is 11.8 Å². The number of amides is 2. The van der Waals surface area contributed by atoms with Gasteiger partial charge in [0.25, 0.3) is 0 Å². The number of ether oxygens (including phenoxy) is 2. The third-order valence-corrected chi connectivity index (χ3v) is 6.91. The number of carbonyl (C=O) groups excluding carboxylic acids is 3. The van der Waals surface area contributed by atoms with Gasteiger partial charge in [-0.25, -0.2) is 0 Å². The quantitative estimate of drug-likeness (QED) is 0.579. The molecular weight excluding hydrogens is 376 g/mol. The van der Waals surface area contributed by atoms with Crippen molar-refractivity contribution in [3.05, 3.63) is 0 Å². The number of aliphatic hydroxyl groups is 1. The predicted molar refractivity (Wildman–Crippen MR) is 105 cm³/mol. The molecule has 0 aromatic carbocycles. The van der Waals surface area contributed by atoms with Crippen LogP contribution in [0.15, 0.2) is 0 Å². The molecule has 3 heterocycles. The number of esters is 1. The van der Waals surface area contributed by atoms with Gasteiger partial charge >= 0.3 is 5.97 Å². The van der Waals surface area contributed by atoms with E-state index in [4.69, 9.17) is 9.47 Å². The molecule has 29 heavy (non-hydrogen) atoms. The minimum absolute atomic E-state index is 0.108. The van der Waals surface area contributed by atoms with Gasteiger partial charge in [0.05, 0.1) is 30.8 Å². The predicted octanol–water partition coefficient (Wildman–Crippen LogP) is 1.000. The Morgan fingerprint density at radius 3 is 2.52 bits per heavy atom. The first kappa shape index (κ1) is 22.0. The van der Waals surface area contributed by atoms with Crippen molar-refractivity contribution < 1.29 is 29.0 Å². The van der Waals surface area contributed by atoms with Gasteiger partial charge in [-0.05, 0) is 46.5 Å². The lowest BCUT2D eigenvalue weighted by Gasteiger charge is -2.37. The fraction of sp³-hybridized carbons (Fsp3) is 0.857. The van der Waals surface area contributed by atoms with Gasteiger partial charge in [0.1, 0.15) is 17.6 Å². The second-order valence-corrected chi connectivity index (χ2v) is 8.74. The fourth-order valence-corrected chi connectivity index (χ4v) is 5.72. The number of hydrogen-bond donors (Lipinski definition) is 2. The van der Waals surface area contributed by atoms with Crippen LogP contribution in [0.25, 0.3) is 0 Å². The zero-order valence-electron chi connectivity index (χ0n) is 18.1. The Morgan fingerprint density at radius 2 is 2.00 bits per heavy atom. The lowest BCUT2D eigenvalue weighted by Crippen LogP contribution is -2.58. The minimum atomic E-state index is -1.06. The highest BCUT2D eigenvalue weighted by atomic mass is 16.6. The van der Waals surface area contributed by atoms with Gasteiger partial charge in [0, 0.05) is 6.04 Å². The zero-order chi connectivity index (χ0) is 21.6. The molecule has 1 spiro atoms. The van der Waals surface area contributed by atoms with E-state index in [0.29, 0.717) is 25.7 Å². The lowest BCUT2D eigenvalue weighted by molar-refractivity contribution is -0.162. The number of aliphatic hydroxyl groups excluding tert-OH is 1. The molecule has 8 nitrogen and oxygen atoms in total. The monoisotopic (exact) mass is 410 g/mol. The summed E-state index contributed by atoms with van der Waals surface area (Å²) in [6.07, 6.45) is 2.20. The Morgan fingerprint density at radius 1 is 1.31 bits per heavy atom. The van der Waals surface area contributed by atoms with Gasteiger partial charge < -0.3 is 24.8 Å². The molecule has 3 aliphatic heterocycles. The van der Waals surface area contributed by atoms with Crippen LogP contribution in [-0.4, -0.2) is 70.3 Å². The summed E-state index contributed by atoms with van der Waals surface area (Å²) >= 11 is 0. The number of nitrogens with one attached hydrogen (secondary N) is 1. The molecule has 2 unspecified atom stereocenters. The van der Waals surface area contributed by atoms with Gasteiger partial charge in [-0.3, -0.25) is 14.4 Å². The van der Waals surface area contributed by atoms with Crippen molar-refractivity contribution in [2.45, 2.75) is 89.6 Å². The van der Waals surface area contributed by atoms with E-state index in [-0.39, 0.29) is 31.1 Å². The average Bonchev–Trinajstić information content (AvgIpc) is 3.27. The van der Waals surface area contributed by atoms with Crippen molar-refractivity contribution in [1.82, 2.24) is 10.2 Å². The van der Waals surface area contributed by atoms with Crippen molar-refractivity contribution in [1.29, 1.82) is 0 Å². The number of hydrogen-bond acceptors (Lipinski definition) is 6. The topological polar surface area (TPSA) is 105 Å². The average molecular weight is 411 g/mol. The van der Waals surface area contributed by atoms with Gasteiger partial charge in [0.15, 0.2) is 0 Å². The first-order valence-corrected chi connectivity index (χ1v) is 10.8. The number of nitrogens with zero attached hydrogens (tertiary/aromatic N) is 1. The van der Waals surface area contributed by atoms with E-state index >= 15 is 0 Å². The number of carbonyl (C=O) groups is 3. The molecular formula is C21H34N2O6. The van der Waals surface area contributed by atoms with E-state index in [1.165, 1.54) is 4.90 Å². The molecule has 3 fully saturated rings. The smallest absolute Gasteiger partial charge is 0.312 e. The maximum atomic E-state index is 13.7. The molecule has 8 heteroatoms. The Balaban J connectivity index is 2.11. The summed E-state index contributed by atoms with van der Waals surface area (Å²) in [6.45, 7) is 9.24. The largest absolute Gasteiger partial charge is 0.466 e. The first-order chi connectivity index (χ1) is 13.7. The summed E-state index contributed by atoms with van der Waals surface area (Å²) in [5.41, 5.74) is -1.85. The Bertz CT molecular complexity index is 678. The van der Waals surface area contributed by atoms with Gasteiger partial charge in [0.2, 0.25) is 11.8 Å². The molecule has 164 valence electrons. The molecule has 0 radical (unpaired) electrons. The summed E-state index contributed by atoms with van der Waals surface area (Å²) < 4.78 is 11.9. The molecule has 2 N–H and O–H groups in total. The Hall–Kier alpha value is -1.67. The van der Waals surface area contributed by atoms with Crippen LogP contribution in [-0.2, 0) is 23.9 Å². The van der Waals surface area contributed by atoms with Crippen LogP contribution < -0.4 is 5.32 Å². The Kier molecular flexibility index (Phi) is 5.98. The van der Waals surface area contributed by atoms with Crippen LogP contribution in [0.4, 0.5) is 0 Å². The van der Waals surface area contributed by atoms with Crippen LogP contribution in [0.3, 0.4) is 0 Å². The fourth-order valence-electron chi connectivity index (χ4n) is 5.72. The van der Waals surface area contributed by atoms with Crippen LogP contribution in [0.2, 0.25) is 0 Å². The van der Waals surface area contributed by atoms with Crippen LogP contribution in [0.1, 0.15) is 60.3 Å². The van der Waals surface area contributed by atoms with Crippen molar-refractivity contribution >= 4 is 17.8 Å². The maximum absolute atomic E-state index is 13.7. The van der Waals surface area contributed by atoms with Crippen LogP contribution in [0.5, 0.6) is 0 Å². The highest BCUT2D eigenvalue weighted by Gasteiger charge is 2.79. The standard InChI is InChI=1S/C21H34N2O6/c1-6-13(11-24)23-16(17(25)22-12(4)5)21-10-9-20(7-2,29-21)15(14(21)18(23)26)19(27)28-8-3/h12-16,24H,6-11H2,1-5H3,(H,22,25)/t13-,14-,15+,16?,20-,21?/m0/s1. The van der Waals surface area contributed by atoms with Crippen molar-refractivity contribution in [2.24, 2.45) is 11.8 Å². The zero-order valence-corrected chi connectivity index (χ0v) is 18.1. The molecule has 3 aliphatic rings. The first-order valence-electron chi connectivity index (χ1n) is 10.8. The van der Waals surface area contributed by atoms with Crippen LogP contribution >= 0.6 is 0 Å². The molecule has 6 atom stereocenters. The van der Waals surface area contributed by atoms with Crippen molar-refractivity contribution in [2.75, 3.05) is 13.2 Å². The second-order valence-electron chi connectivity index (χ2n) is 8.74. The molecule has 2 bridgehead atoms. The van der Waals surface area contributed by atoms with E-state index in [2.05, 4.69) is 5.32 Å².